The lowest BCUT2D eigenvalue weighted by molar-refractivity contribution is 0.305. The molecule has 0 fully saturated rings. The lowest BCUT2D eigenvalue weighted by Gasteiger charge is -2.08. The summed E-state index contributed by atoms with van der Waals surface area (Å²) in [5, 5.41) is 0. The molecule has 2 rings (SSSR count). The van der Waals surface area contributed by atoms with Gasteiger partial charge in [-0.1, -0.05) is 6.07 Å². The van der Waals surface area contributed by atoms with Gasteiger partial charge in [-0.15, -0.1) is 11.3 Å². The molecule has 0 saturated carbocycles. The molecule has 0 atom stereocenters. The van der Waals surface area contributed by atoms with Crippen molar-refractivity contribution in [3.05, 3.63) is 50.7 Å². The molecule has 0 unspecified atom stereocenters. The summed E-state index contributed by atoms with van der Waals surface area (Å²) in [5.41, 5.74) is 9.35. The highest BCUT2D eigenvalue weighted by Gasteiger charge is 2.05. The molecule has 0 bridgehead atoms. The van der Waals surface area contributed by atoms with E-state index in [-0.39, 0.29) is 0 Å². The van der Waals surface area contributed by atoms with Crippen LogP contribution >= 0.6 is 11.3 Å². The molecule has 2 N–H and O–H groups in total. The van der Waals surface area contributed by atoms with E-state index in [1.807, 2.05) is 0 Å². The normalized spacial score (nSPS) is 10.7. The maximum Gasteiger partial charge on any atom is 0.120 e. The molecule has 1 heterocycles. The van der Waals surface area contributed by atoms with Crippen LogP contribution in [0.1, 0.15) is 26.4 Å². The van der Waals surface area contributed by atoms with Gasteiger partial charge in [0, 0.05) is 21.9 Å². The van der Waals surface area contributed by atoms with Crippen LogP contribution in [-0.4, -0.2) is 0 Å². The maximum atomic E-state index is 5.86. The fourth-order valence-electron chi connectivity index (χ4n) is 2.01. The summed E-state index contributed by atoms with van der Waals surface area (Å²) in [5.74, 6) is 0.937. The average molecular weight is 261 g/mol. The number of hydrogen-bond acceptors (Lipinski definition) is 3. The molecule has 0 spiro atoms. The van der Waals surface area contributed by atoms with E-state index in [9.17, 15) is 0 Å². The Hall–Kier alpha value is -1.32. The van der Waals surface area contributed by atoms with Crippen molar-refractivity contribution in [1.29, 1.82) is 0 Å². The van der Waals surface area contributed by atoms with Crippen LogP contribution in [-0.2, 0) is 13.2 Å². The van der Waals surface area contributed by atoms with Gasteiger partial charge in [-0.05, 0) is 50.1 Å². The van der Waals surface area contributed by atoms with Gasteiger partial charge in [-0.2, -0.15) is 0 Å². The highest BCUT2D eigenvalue weighted by atomic mass is 32.1. The number of thiophene rings is 1. The molecule has 1 aromatic carbocycles. The van der Waals surface area contributed by atoms with Crippen molar-refractivity contribution in [2.45, 2.75) is 33.9 Å². The Labute approximate surface area is 112 Å². The van der Waals surface area contributed by atoms with Crippen molar-refractivity contribution in [3.8, 4) is 5.75 Å². The van der Waals surface area contributed by atoms with Crippen molar-refractivity contribution in [1.82, 2.24) is 0 Å². The Morgan fingerprint density at radius 3 is 2.28 bits per heavy atom. The van der Waals surface area contributed by atoms with Gasteiger partial charge >= 0.3 is 0 Å². The smallest absolute Gasteiger partial charge is 0.120 e. The van der Waals surface area contributed by atoms with Crippen LogP contribution in [0.25, 0.3) is 0 Å². The van der Waals surface area contributed by atoms with Crippen LogP contribution in [0.15, 0.2) is 24.3 Å². The first-order valence-electron chi connectivity index (χ1n) is 6.08. The van der Waals surface area contributed by atoms with Gasteiger partial charge in [0.05, 0.1) is 0 Å². The molecule has 18 heavy (non-hydrogen) atoms. The highest BCUT2D eigenvalue weighted by molar-refractivity contribution is 7.12. The van der Waals surface area contributed by atoms with Crippen LogP contribution in [0.3, 0.4) is 0 Å². The van der Waals surface area contributed by atoms with Crippen molar-refractivity contribution in [2.75, 3.05) is 0 Å². The Morgan fingerprint density at radius 2 is 1.72 bits per heavy atom. The van der Waals surface area contributed by atoms with E-state index in [0.29, 0.717) is 13.2 Å². The van der Waals surface area contributed by atoms with Gasteiger partial charge < -0.3 is 10.5 Å². The van der Waals surface area contributed by atoms with Gasteiger partial charge in [0.1, 0.15) is 12.4 Å². The second kappa shape index (κ2) is 5.55. The predicted molar refractivity (Wildman–Crippen MR) is 77.2 cm³/mol. The summed E-state index contributed by atoms with van der Waals surface area (Å²) in [7, 11) is 0. The van der Waals surface area contributed by atoms with Gasteiger partial charge in [-0.25, -0.2) is 0 Å². The summed E-state index contributed by atoms with van der Waals surface area (Å²) in [4.78, 5) is 2.51. The minimum Gasteiger partial charge on any atom is -0.489 e. The Morgan fingerprint density at radius 1 is 1.06 bits per heavy atom. The average Bonchev–Trinajstić information content (AvgIpc) is 2.66. The first-order valence-corrected chi connectivity index (χ1v) is 6.89. The molecule has 0 aliphatic heterocycles. The fraction of sp³-hybridized carbons (Fsp3) is 0.333. The van der Waals surface area contributed by atoms with E-state index in [2.05, 4.69) is 45.0 Å². The minimum absolute atomic E-state index is 0.606. The van der Waals surface area contributed by atoms with Crippen molar-refractivity contribution in [3.63, 3.8) is 0 Å². The summed E-state index contributed by atoms with van der Waals surface area (Å²) in [6.07, 6.45) is 0. The number of benzene rings is 1. The zero-order chi connectivity index (χ0) is 13.1. The third-order valence-corrected chi connectivity index (χ3v) is 3.98. The molecule has 0 amide bonds. The molecule has 0 aliphatic rings. The molecule has 2 aromatic rings. The highest BCUT2D eigenvalue weighted by Crippen LogP contribution is 2.23. The topological polar surface area (TPSA) is 35.2 Å². The Bertz CT molecular complexity index is 525. The molecule has 0 saturated heterocycles. The second-order valence-electron chi connectivity index (χ2n) is 4.61. The number of aryl methyl sites for hydroxylation is 3. The quantitative estimate of drug-likeness (QED) is 0.910. The fourth-order valence-corrected chi connectivity index (χ4v) is 2.94. The summed E-state index contributed by atoms with van der Waals surface area (Å²) < 4.78 is 5.86. The summed E-state index contributed by atoms with van der Waals surface area (Å²) in [6.45, 7) is 7.51. The predicted octanol–water partition coefficient (Wildman–Crippen LogP) is 3.71. The standard InChI is InChI=1S/C15H19NOS/c1-10-4-11(2)6-14(5-10)17-9-13-7-15(8-16)18-12(13)3/h4-7H,8-9,16H2,1-3H3. The second-order valence-corrected chi connectivity index (χ2v) is 5.95. The largest absolute Gasteiger partial charge is 0.489 e. The number of nitrogens with two attached hydrogens (primary N) is 1. The van der Waals surface area contributed by atoms with Crippen LogP contribution in [0.4, 0.5) is 0 Å². The molecular formula is C15H19NOS. The molecule has 0 aliphatic carbocycles. The molecule has 3 heteroatoms. The zero-order valence-electron chi connectivity index (χ0n) is 11.1. The SMILES string of the molecule is Cc1cc(C)cc(OCc2cc(CN)sc2C)c1. The van der Waals surface area contributed by atoms with Gasteiger partial charge in [-0.3, -0.25) is 0 Å². The number of hydrogen-bond donors (Lipinski definition) is 1. The minimum atomic E-state index is 0.606. The van der Waals surface area contributed by atoms with Crippen molar-refractivity contribution in [2.24, 2.45) is 5.73 Å². The molecule has 96 valence electrons. The third-order valence-electron chi connectivity index (χ3n) is 2.86. The van der Waals surface area contributed by atoms with E-state index < -0.39 is 0 Å². The lowest BCUT2D eigenvalue weighted by atomic mass is 10.1. The number of rotatable bonds is 4. The van der Waals surface area contributed by atoms with Crippen LogP contribution in [0.2, 0.25) is 0 Å². The third kappa shape index (κ3) is 3.12. The van der Waals surface area contributed by atoms with Crippen molar-refractivity contribution < 1.29 is 4.74 Å². The van der Waals surface area contributed by atoms with Gasteiger partial charge in [0.15, 0.2) is 0 Å². The van der Waals surface area contributed by atoms with E-state index >= 15 is 0 Å². The van der Waals surface area contributed by atoms with Gasteiger partial charge in [0.25, 0.3) is 0 Å². The van der Waals surface area contributed by atoms with Crippen LogP contribution in [0, 0.1) is 20.8 Å². The molecular weight excluding hydrogens is 242 g/mol. The lowest BCUT2D eigenvalue weighted by Crippen LogP contribution is -1.96. The maximum absolute atomic E-state index is 5.86. The Balaban J connectivity index is 2.08. The number of ether oxygens (including phenoxy) is 1. The van der Waals surface area contributed by atoms with E-state index in [1.165, 1.54) is 26.4 Å². The molecule has 0 radical (unpaired) electrons. The first kappa shape index (κ1) is 13.1. The van der Waals surface area contributed by atoms with E-state index in [0.717, 1.165) is 5.75 Å². The monoisotopic (exact) mass is 261 g/mol. The van der Waals surface area contributed by atoms with Crippen LogP contribution < -0.4 is 10.5 Å². The summed E-state index contributed by atoms with van der Waals surface area (Å²) in [6, 6.07) is 8.43. The van der Waals surface area contributed by atoms with E-state index in [4.69, 9.17) is 10.5 Å². The Kier molecular flexibility index (Phi) is 4.04. The van der Waals surface area contributed by atoms with E-state index in [1.54, 1.807) is 11.3 Å². The van der Waals surface area contributed by atoms with Crippen molar-refractivity contribution >= 4 is 11.3 Å². The molecule has 2 nitrogen and oxygen atoms in total. The summed E-state index contributed by atoms with van der Waals surface area (Å²) >= 11 is 1.75. The molecule has 1 aromatic heterocycles. The van der Waals surface area contributed by atoms with Gasteiger partial charge in [0.2, 0.25) is 0 Å². The van der Waals surface area contributed by atoms with Crippen LogP contribution in [0.5, 0.6) is 5.75 Å². The zero-order valence-corrected chi connectivity index (χ0v) is 11.9. The first-order chi connectivity index (χ1) is 8.58.